The van der Waals surface area contributed by atoms with E-state index in [-0.39, 0.29) is 11.6 Å². The summed E-state index contributed by atoms with van der Waals surface area (Å²) in [5, 5.41) is 5.14. The van der Waals surface area contributed by atoms with Gasteiger partial charge in [-0.05, 0) is 31.0 Å². The van der Waals surface area contributed by atoms with E-state index in [2.05, 4.69) is 20.1 Å². The van der Waals surface area contributed by atoms with Crippen LogP contribution in [0, 0.1) is 0 Å². The van der Waals surface area contributed by atoms with Crippen LogP contribution in [0.1, 0.15) is 44.6 Å². The average molecular weight is 360 g/mol. The molecule has 7 nitrogen and oxygen atoms in total. The average Bonchev–Trinajstić information content (AvgIpc) is 2.97. The van der Waals surface area contributed by atoms with Crippen molar-refractivity contribution in [3.8, 4) is 11.4 Å². The molecule has 1 aliphatic carbocycles. The number of nitrogens with zero attached hydrogens (tertiary/aromatic N) is 6. The second-order valence-corrected chi connectivity index (χ2v) is 7.12. The summed E-state index contributed by atoms with van der Waals surface area (Å²) in [5.74, 6) is 1.03. The lowest BCUT2D eigenvalue weighted by Gasteiger charge is -2.18. The van der Waals surface area contributed by atoms with E-state index in [1.807, 2.05) is 29.0 Å². The molecule has 0 saturated heterocycles. The molecule has 0 spiro atoms. The summed E-state index contributed by atoms with van der Waals surface area (Å²) < 4.78 is 3.54. The van der Waals surface area contributed by atoms with E-state index in [9.17, 15) is 4.79 Å². The van der Waals surface area contributed by atoms with Crippen molar-refractivity contribution >= 4 is 16.7 Å². The van der Waals surface area contributed by atoms with Crippen molar-refractivity contribution in [2.45, 2.75) is 44.6 Å². The highest BCUT2D eigenvalue weighted by Crippen LogP contribution is 2.26. The van der Waals surface area contributed by atoms with Crippen molar-refractivity contribution in [1.29, 1.82) is 0 Å². The van der Waals surface area contributed by atoms with Gasteiger partial charge in [0.2, 0.25) is 0 Å². The predicted octanol–water partition coefficient (Wildman–Crippen LogP) is 3.40. The molecular formula is C20H20N6O. The first-order valence-corrected chi connectivity index (χ1v) is 9.48. The van der Waals surface area contributed by atoms with Crippen molar-refractivity contribution in [2.75, 3.05) is 0 Å². The fraction of sp³-hybridized carbons (Fsp3) is 0.350. The number of hydrogen-bond acceptors (Lipinski definition) is 5. The quantitative estimate of drug-likeness (QED) is 0.512. The van der Waals surface area contributed by atoms with Gasteiger partial charge >= 0.3 is 0 Å². The second kappa shape index (κ2) is 6.57. The molecule has 7 heteroatoms. The Morgan fingerprint density at radius 2 is 1.89 bits per heavy atom. The molecule has 1 aliphatic rings. The van der Waals surface area contributed by atoms with Crippen LogP contribution < -0.4 is 5.56 Å². The van der Waals surface area contributed by atoms with E-state index in [0.29, 0.717) is 17.0 Å². The first kappa shape index (κ1) is 16.1. The van der Waals surface area contributed by atoms with Gasteiger partial charge < -0.3 is 4.57 Å². The first-order valence-electron chi connectivity index (χ1n) is 9.48. The molecule has 0 aliphatic heterocycles. The van der Waals surface area contributed by atoms with Gasteiger partial charge in [-0.15, -0.1) is 5.10 Å². The molecular weight excluding hydrogens is 340 g/mol. The lowest BCUT2D eigenvalue weighted by molar-refractivity contribution is 0.434. The monoisotopic (exact) mass is 360 g/mol. The molecule has 136 valence electrons. The Hall–Kier alpha value is -3.09. The highest BCUT2D eigenvalue weighted by molar-refractivity contribution is 5.79. The maximum Gasteiger partial charge on any atom is 0.261 e. The van der Waals surface area contributed by atoms with Crippen LogP contribution in [0.25, 0.3) is 28.1 Å². The Balaban J connectivity index is 1.65. The molecule has 0 unspecified atom stereocenters. The van der Waals surface area contributed by atoms with E-state index in [4.69, 9.17) is 0 Å². The Morgan fingerprint density at radius 3 is 2.67 bits per heavy atom. The molecule has 0 N–H and O–H groups in total. The third kappa shape index (κ3) is 2.79. The first-order chi connectivity index (χ1) is 13.3. The minimum Gasteiger partial charge on any atom is -0.312 e. The van der Waals surface area contributed by atoms with Crippen LogP contribution in [0.3, 0.4) is 0 Å². The Bertz CT molecular complexity index is 1160. The van der Waals surface area contributed by atoms with Crippen LogP contribution in [0.4, 0.5) is 0 Å². The fourth-order valence-electron chi connectivity index (χ4n) is 3.98. The largest absolute Gasteiger partial charge is 0.312 e. The zero-order valence-electron chi connectivity index (χ0n) is 15.0. The fourth-order valence-corrected chi connectivity index (χ4v) is 3.98. The number of pyridine rings is 2. The summed E-state index contributed by atoms with van der Waals surface area (Å²) in [6.07, 6.45) is 14.0. The number of aromatic nitrogens is 6. The van der Waals surface area contributed by atoms with Crippen LogP contribution >= 0.6 is 0 Å². The normalized spacial score (nSPS) is 16.0. The zero-order chi connectivity index (χ0) is 18.2. The zero-order valence-corrected chi connectivity index (χ0v) is 15.0. The molecule has 1 fully saturated rings. The van der Waals surface area contributed by atoms with Crippen LogP contribution in [0.15, 0.2) is 47.8 Å². The summed E-state index contributed by atoms with van der Waals surface area (Å²) in [5.41, 5.74) is 1.56. The number of fused-ring (bicyclic) bond motifs is 3. The van der Waals surface area contributed by atoms with Gasteiger partial charge in [-0.1, -0.05) is 25.7 Å². The molecule has 0 bridgehead atoms. The lowest BCUT2D eigenvalue weighted by atomic mass is 10.1. The molecule has 4 aromatic rings. The minimum atomic E-state index is 0.00669. The summed E-state index contributed by atoms with van der Waals surface area (Å²) in [6, 6.07) is 5.99. The van der Waals surface area contributed by atoms with Crippen LogP contribution in [-0.2, 0) is 0 Å². The van der Waals surface area contributed by atoms with E-state index in [1.54, 1.807) is 23.1 Å². The number of rotatable bonds is 2. The van der Waals surface area contributed by atoms with Crippen LogP contribution in [0.2, 0.25) is 0 Å². The third-order valence-corrected chi connectivity index (χ3v) is 5.40. The van der Waals surface area contributed by atoms with Crippen molar-refractivity contribution in [1.82, 2.24) is 29.1 Å². The summed E-state index contributed by atoms with van der Waals surface area (Å²) >= 11 is 0. The van der Waals surface area contributed by atoms with E-state index in [0.717, 1.165) is 23.9 Å². The SMILES string of the molecule is O=c1c2cnc3nc(-c4cccnc4)nn3c2ccn1C1CCCCCC1. The molecule has 0 aromatic carbocycles. The van der Waals surface area contributed by atoms with Crippen molar-refractivity contribution in [3.05, 3.63) is 53.3 Å². The van der Waals surface area contributed by atoms with Crippen molar-refractivity contribution in [2.24, 2.45) is 0 Å². The van der Waals surface area contributed by atoms with Gasteiger partial charge in [0.15, 0.2) is 5.82 Å². The van der Waals surface area contributed by atoms with Gasteiger partial charge in [0.25, 0.3) is 11.3 Å². The smallest absolute Gasteiger partial charge is 0.261 e. The van der Waals surface area contributed by atoms with E-state index in [1.165, 1.54) is 25.7 Å². The summed E-state index contributed by atoms with van der Waals surface area (Å²) in [4.78, 5) is 26.1. The molecule has 0 amide bonds. The van der Waals surface area contributed by atoms with Gasteiger partial charge in [-0.25, -0.2) is 4.98 Å². The highest BCUT2D eigenvalue weighted by atomic mass is 16.1. The second-order valence-electron chi connectivity index (χ2n) is 7.12. The predicted molar refractivity (Wildman–Crippen MR) is 103 cm³/mol. The van der Waals surface area contributed by atoms with Gasteiger partial charge in [-0.3, -0.25) is 9.78 Å². The highest BCUT2D eigenvalue weighted by Gasteiger charge is 2.18. The maximum atomic E-state index is 13.1. The van der Waals surface area contributed by atoms with Crippen molar-refractivity contribution in [3.63, 3.8) is 0 Å². The van der Waals surface area contributed by atoms with Crippen molar-refractivity contribution < 1.29 is 0 Å². The standard InChI is InChI=1S/C20H20N6O/c27-19-16-13-22-20-23-18(14-6-5-10-21-12-14)24-26(20)17(16)9-11-25(19)15-7-3-1-2-4-8-15/h5-6,9-13,15H,1-4,7-8H2. The third-order valence-electron chi connectivity index (χ3n) is 5.40. The summed E-state index contributed by atoms with van der Waals surface area (Å²) in [6.45, 7) is 0. The van der Waals surface area contributed by atoms with Gasteiger partial charge in [0, 0.05) is 36.4 Å². The lowest BCUT2D eigenvalue weighted by Crippen LogP contribution is -2.24. The Kier molecular flexibility index (Phi) is 3.92. The molecule has 0 radical (unpaired) electrons. The van der Waals surface area contributed by atoms with Gasteiger partial charge in [-0.2, -0.15) is 9.50 Å². The van der Waals surface area contributed by atoms with Crippen LogP contribution in [0.5, 0.6) is 0 Å². The molecule has 5 rings (SSSR count). The molecule has 0 atom stereocenters. The Labute approximate surface area is 155 Å². The maximum absolute atomic E-state index is 13.1. The van der Waals surface area contributed by atoms with Crippen LogP contribution in [-0.4, -0.2) is 29.1 Å². The molecule has 27 heavy (non-hydrogen) atoms. The van der Waals surface area contributed by atoms with E-state index >= 15 is 0 Å². The Morgan fingerprint density at radius 1 is 1.04 bits per heavy atom. The summed E-state index contributed by atoms with van der Waals surface area (Å²) in [7, 11) is 0. The van der Waals surface area contributed by atoms with Gasteiger partial charge in [0.1, 0.15) is 0 Å². The molecule has 4 aromatic heterocycles. The van der Waals surface area contributed by atoms with Gasteiger partial charge in [0.05, 0.1) is 10.9 Å². The van der Waals surface area contributed by atoms with E-state index < -0.39 is 0 Å². The molecule has 4 heterocycles. The topological polar surface area (TPSA) is 78.0 Å². The minimum absolute atomic E-state index is 0.00669. The molecule has 1 saturated carbocycles. The number of hydrogen-bond donors (Lipinski definition) is 0.